The zero-order chi connectivity index (χ0) is 5.15. The van der Waals surface area contributed by atoms with Crippen molar-refractivity contribution in [1.82, 2.24) is 0 Å². The fourth-order valence-corrected chi connectivity index (χ4v) is 0. The molecular formula is C4H10LiNO. The maximum absolute atomic E-state index is 9.92. The van der Waals surface area contributed by atoms with Crippen LogP contribution in [0.15, 0.2) is 0 Å². The number of nitrogens with two attached hydrogens (primary N) is 1. The molecule has 0 saturated heterocycles. The number of amides is 1. The summed E-state index contributed by atoms with van der Waals surface area (Å²) in [4.78, 5) is 9.92. The Morgan fingerprint density at radius 1 is 1.57 bits per heavy atom. The molecule has 38 valence electrons. The number of primary amides is 1. The first-order valence-corrected chi connectivity index (χ1v) is 1.94. The zero-order valence-electron chi connectivity index (χ0n) is 4.06. The van der Waals surface area contributed by atoms with Gasteiger partial charge < -0.3 is 5.73 Å². The van der Waals surface area contributed by atoms with E-state index in [-0.39, 0.29) is 30.7 Å². The van der Waals surface area contributed by atoms with Crippen LogP contribution in [0.4, 0.5) is 0 Å². The molecule has 0 heterocycles. The Morgan fingerprint density at radius 2 is 1.71 bits per heavy atom. The molecule has 1 amide bonds. The summed E-state index contributed by atoms with van der Waals surface area (Å²) in [5, 5.41) is 0. The molecule has 0 unspecified atom stereocenters. The minimum atomic E-state index is -0.241. The first kappa shape index (κ1) is 10.1. The quantitative estimate of drug-likeness (QED) is 0.437. The van der Waals surface area contributed by atoms with E-state index in [1.807, 2.05) is 0 Å². The monoisotopic (exact) mass is 95.1 g/mol. The van der Waals surface area contributed by atoms with E-state index in [9.17, 15) is 4.79 Å². The van der Waals surface area contributed by atoms with E-state index in [0.29, 0.717) is 0 Å². The van der Waals surface area contributed by atoms with Crippen molar-refractivity contribution in [3.05, 3.63) is 0 Å². The van der Waals surface area contributed by atoms with Crippen LogP contribution in [0.25, 0.3) is 0 Å². The van der Waals surface area contributed by atoms with Crippen molar-refractivity contribution in [3.63, 3.8) is 0 Å². The summed E-state index contributed by atoms with van der Waals surface area (Å²) in [6.45, 7) is 3.53. The van der Waals surface area contributed by atoms with Gasteiger partial charge in [0.15, 0.2) is 0 Å². The second-order valence-electron chi connectivity index (χ2n) is 1.56. The molecule has 0 radical (unpaired) electrons. The van der Waals surface area contributed by atoms with Gasteiger partial charge in [-0.1, -0.05) is 13.8 Å². The van der Waals surface area contributed by atoms with Crippen LogP contribution in [-0.4, -0.2) is 24.8 Å². The van der Waals surface area contributed by atoms with Gasteiger partial charge in [0, 0.05) is 5.92 Å². The molecule has 7 heavy (non-hydrogen) atoms. The Labute approximate surface area is 55.6 Å². The summed E-state index contributed by atoms with van der Waals surface area (Å²) >= 11 is 0. The second kappa shape index (κ2) is 4.23. The summed E-state index contributed by atoms with van der Waals surface area (Å²) in [5.41, 5.74) is 4.80. The number of carbonyl (C=O) groups excluding carboxylic acids is 1. The summed E-state index contributed by atoms with van der Waals surface area (Å²) in [7, 11) is 0. The number of carbonyl (C=O) groups is 1. The van der Waals surface area contributed by atoms with Crippen molar-refractivity contribution in [2.45, 2.75) is 13.8 Å². The van der Waals surface area contributed by atoms with Gasteiger partial charge in [0.1, 0.15) is 0 Å². The van der Waals surface area contributed by atoms with E-state index in [2.05, 4.69) is 0 Å². The fraction of sp³-hybridized carbons (Fsp3) is 0.750. The molecule has 0 bridgehead atoms. The molecule has 0 aromatic rings. The Balaban J connectivity index is 0. The molecule has 0 spiro atoms. The molecule has 2 N–H and O–H groups in total. The Bertz CT molecular complexity index is 62.7. The van der Waals surface area contributed by atoms with Crippen LogP contribution in [0, 0.1) is 5.92 Å². The maximum atomic E-state index is 9.92. The van der Waals surface area contributed by atoms with Gasteiger partial charge >= 0.3 is 18.9 Å². The topological polar surface area (TPSA) is 43.1 Å². The van der Waals surface area contributed by atoms with Crippen LogP contribution in [0.2, 0.25) is 0 Å². The SMILES string of the molecule is CC(C)C(N)=O.[LiH]. The molecule has 0 aliphatic carbocycles. The predicted molar refractivity (Wildman–Crippen MR) is 31.2 cm³/mol. The van der Waals surface area contributed by atoms with Crippen molar-refractivity contribution in [1.29, 1.82) is 0 Å². The van der Waals surface area contributed by atoms with Gasteiger partial charge in [-0.2, -0.15) is 0 Å². The van der Waals surface area contributed by atoms with Crippen LogP contribution in [0.1, 0.15) is 13.8 Å². The van der Waals surface area contributed by atoms with Gasteiger partial charge in [-0.25, -0.2) is 0 Å². The third kappa shape index (κ3) is 6.07. The summed E-state index contributed by atoms with van der Waals surface area (Å²) in [5.74, 6) is -0.250. The van der Waals surface area contributed by atoms with E-state index in [1.54, 1.807) is 13.8 Å². The molecule has 0 atom stereocenters. The van der Waals surface area contributed by atoms with Gasteiger partial charge in [-0.05, 0) is 0 Å². The van der Waals surface area contributed by atoms with Gasteiger partial charge in [-0.15, -0.1) is 0 Å². The second-order valence-corrected chi connectivity index (χ2v) is 1.56. The van der Waals surface area contributed by atoms with E-state index >= 15 is 0 Å². The molecular weight excluding hydrogens is 85.0 g/mol. The summed E-state index contributed by atoms with van der Waals surface area (Å²) < 4.78 is 0. The molecule has 3 heteroatoms. The number of rotatable bonds is 1. The standard InChI is InChI=1S/C4H9NO.Li.H/c1-3(2)4(5)6;;/h3H,1-2H3,(H2,5,6);;. The van der Waals surface area contributed by atoms with Crippen LogP contribution >= 0.6 is 0 Å². The fourth-order valence-electron chi connectivity index (χ4n) is 0. The van der Waals surface area contributed by atoms with Gasteiger partial charge in [0.2, 0.25) is 5.91 Å². The normalized spacial score (nSPS) is 7.86. The Morgan fingerprint density at radius 3 is 1.71 bits per heavy atom. The van der Waals surface area contributed by atoms with Gasteiger partial charge in [-0.3, -0.25) is 4.79 Å². The third-order valence-electron chi connectivity index (χ3n) is 0.569. The van der Waals surface area contributed by atoms with Crippen molar-refractivity contribution in [2.75, 3.05) is 0 Å². The van der Waals surface area contributed by atoms with Crippen molar-refractivity contribution < 1.29 is 4.79 Å². The average Bonchev–Trinajstić information content (AvgIpc) is 1.36. The molecule has 0 aliphatic heterocycles. The molecule has 0 rings (SSSR count). The van der Waals surface area contributed by atoms with Gasteiger partial charge in [0.05, 0.1) is 0 Å². The summed E-state index contributed by atoms with van der Waals surface area (Å²) in [6, 6.07) is 0. The zero-order valence-corrected chi connectivity index (χ0v) is 4.06. The molecule has 2 nitrogen and oxygen atoms in total. The van der Waals surface area contributed by atoms with Crippen molar-refractivity contribution in [2.24, 2.45) is 11.7 Å². The van der Waals surface area contributed by atoms with E-state index in [4.69, 9.17) is 5.73 Å². The van der Waals surface area contributed by atoms with Crippen LogP contribution in [0.3, 0.4) is 0 Å². The van der Waals surface area contributed by atoms with E-state index in [1.165, 1.54) is 0 Å². The average molecular weight is 95.1 g/mol. The molecule has 0 saturated carbocycles. The van der Waals surface area contributed by atoms with Crippen molar-refractivity contribution >= 4 is 24.8 Å². The van der Waals surface area contributed by atoms with Crippen LogP contribution in [0.5, 0.6) is 0 Å². The number of hydrogen-bond acceptors (Lipinski definition) is 1. The number of hydrogen-bond donors (Lipinski definition) is 1. The van der Waals surface area contributed by atoms with Crippen molar-refractivity contribution in [3.8, 4) is 0 Å². The first-order valence-electron chi connectivity index (χ1n) is 1.94. The first-order chi connectivity index (χ1) is 2.64. The molecule has 0 aromatic carbocycles. The van der Waals surface area contributed by atoms with Crippen LogP contribution < -0.4 is 5.73 Å². The van der Waals surface area contributed by atoms with E-state index < -0.39 is 0 Å². The predicted octanol–water partition coefficient (Wildman–Crippen LogP) is -0.521. The summed E-state index contributed by atoms with van der Waals surface area (Å²) in [6.07, 6.45) is 0. The molecule has 0 aliphatic rings. The van der Waals surface area contributed by atoms with E-state index in [0.717, 1.165) is 0 Å². The Hall–Kier alpha value is 0.0674. The molecule has 0 fully saturated rings. The third-order valence-corrected chi connectivity index (χ3v) is 0.569. The molecule has 0 aromatic heterocycles. The van der Waals surface area contributed by atoms with Gasteiger partial charge in [0.25, 0.3) is 0 Å². The Kier molecular flexibility index (Phi) is 6.13. The minimum absolute atomic E-state index is 0. The van der Waals surface area contributed by atoms with Crippen LogP contribution in [-0.2, 0) is 4.79 Å².